The number of sulfonamides is 1. The average molecular weight is 319 g/mol. The summed E-state index contributed by atoms with van der Waals surface area (Å²) in [5.41, 5.74) is 0.559. The fraction of sp³-hybridized carbons (Fsp3) is 0.462. The number of nitrogens with one attached hydrogen (secondary N) is 2. The van der Waals surface area contributed by atoms with Crippen LogP contribution in [0.1, 0.15) is 26.7 Å². The Bertz CT molecular complexity index is 543. The van der Waals surface area contributed by atoms with E-state index in [4.69, 9.17) is 11.6 Å². The Kier molecular flexibility index (Phi) is 6.45. The van der Waals surface area contributed by atoms with E-state index in [1.165, 1.54) is 19.1 Å². The van der Waals surface area contributed by atoms with Crippen molar-refractivity contribution in [2.75, 3.05) is 11.9 Å². The number of amides is 1. The van der Waals surface area contributed by atoms with Gasteiger partial charge in [-0.1, -0.05) is 6.92 Å². The third-order valence-corrected chi connectivity index (χ3v) is 4.68. The number of carbonyl (C=O) groups is 1. The number of benzene rings is 1. The maximum Gasteiger partial charge on any atom is 0.240 e. The molecule has 0 saturated carbocycles. The highest BCUT2D eigenvalue weighted by Crippen LogP contribution is 2.14. The van der Waals surface area contributed by atoms with Gasteiger partial charge in [-0.2, -0.15) is 0 Å². The first-order valence-corrected chi connectivity index (χ1v) is 8.28. The van der Waals surface area contributed by atoms with E-state index in [2.05, 4.69) is 10.0 Å². The Morgan fingerprint density at radius 1 is 1.30 bits per heavy atom. The third-order valence-electron chi connectivity index (χ3n) is 2.68. The lowest BCUT2D eigenvalue weighted by molar-refractivity contribution is -0.114. The number of rotatable bonds is 7. The van der Waals surface area contributed by atoms with Gasteiger partial charge in [0.05, 0.1) is 4.90 Å². The molecule has 1 aromatic rings. The Hall–Kier alpha value is -1.11. The number of halogens is 1. The molecule has 1 amide bonds. The van der Waals surface area contributed by atoms with Crippen LogP contribution in [0.15, 0.2) is 29.2 Å². The predicted octanol–water partition coefficient (Wildman–Crippen LogP) is 2.33. The van der Waals surface area contributed by atoms with Crippen LogP contribution >= 0.6 is 11.6 Å². The smallest absolute Gasteiger partial charge is 0.240 e. The number of anilines is 1. The lowest BCUT2D eigenvalue weighted by Crippen LogP contribution is -2.26. The molecule has 2 N–H and O–H groups in total. The van der Waals surface area contributed by atoms with Crippen LogP contribution in [-0.4, -0.2) is 26.2 Å². The van der Waals surface area contributed by atoms with Gasteiger partial charge in [-0.05, 0) is 37.1 Å². The van der Waals surface area contributed by atoms with Crippen molar-refractivity contribution in [1.29, 1.82) is 0 Å². The van der Waals surface area contributed by atoms with Crippen molar-refractivity contribution in [2.45, 2.75) is 37.0 Å². The first-order chi connectivity index (χ1) is 9.35. The third kappa shape index (κ3) is 5.48. The second-order valence-corrected chi connectivity index (χ2v) is 6.78. The zero-order valence-corrected chi connectivity index (χ0v) is 13.1. The minimum Gasteiger partial charge on any atom is -0.326 e. The molecule has 0 aromatic heterocycles. The molecule has 5 nitrogen and oxygen atoms in total. The van der Waals surface area contributed by atoms with Gasteiger partial charge in [-0.3, -0.25) is 4.79 Å². The first-order valence-electron chi connectivity index (χ1n) is 6.36. The van der Waals surface area contributed by atoms with Crippen molar-refractivity contribution in [3.05, 3.63) is 24.3 Å². The van der Waals surface area contributed by atoms with Gasteiger partial charge in [-0.15, -0.1) is 11.6 Å². The summed E-state index contributed by atoms with van der Waals surface area (Å²) in [7, 11) is -3.53. The molecule has 7 heteroatoms. The summed E-state index contributed by atoms with van der Waals surface area (Å²) in [4.78, 5) is 11.0. The van der Waals surface area contributed by atoms with Gasteiger partial charge in [0.15, 0.2) is 0 Å². The quantitative estimate of drug-likeness (QED) is 0.758. The maximum absolute atomic E-state index is 12.0. The van der Waals surface area contributed by atoms with Crippen LogP contribution in [0, 0.1) is 0 Å². The van der Waals surface area contributed by atoms with Crippen LogP contribution in [0.4, 0.5) is 5.69 Å². The Balaban J connectivity index is 2.65. The normalized spacial score (nSPS) is 12.9. The molecule has 0 aliphatic rings. The topological polar surface area (TPSA) is 75.3 Å². The van der Waals surface area contributed by atoms with E-state index < -0.39 is 10.0 Å². The lowest BCUT2D eigenvalue weighted by atomic mass is 10.2. The SMILES string of the molecule is CCC(Cl)CCNS(=O)(=O)c1ccc(NC(C)=O)cc1. The maximum atomic E-state index is 12.0. The molecule has 0 aliphatic carbocycles. The molecule has 1 unspecified atom stereocenters. The zero-order chi connectivity index (χ0) is 15.2. The summed E-state index contributed by atoms with van der Waals surface area (Å²) in [6.45, 7) is 3.65. The summed E-state index contributed by atoms with van der Waals surface area (Å²) in [5, 5.41) is 2.55. The molecule has 0 saturated heterocycles. The van der Waals surface area contributed by atoms with Crippen LogP contribution in [-0.2, 0) is 14.8 Å². The number of hydrogen-bond acceptors (Lipinski definition) is 3. The molecule has 1 atom stereocenters. The largest absolute Gasteiger partial charge is 0.326 e. The highest BCUT2D eigenvalue weighted by Gasteiger charge is 2.14. The van der Waals surface area contributed by atoms with Gasteiger partial charge in [0, 0.05) is 24.5 Å². The number of carbonyl (C=O) groups excluding carboxylic acids is 1. The van der Waals surface area contributed by atoms with Gasteiger partial charge < -0.3 is 5.32 Å². The first kappa shape index (κ1) is 16.9. The van der Waals surface area contributed by atoms with Gasteiger partial charge >= 0.3 is 0 Å². The van der Waals surface area contributed by atoms with Gasteiger partial charge in [0.1, 0.15) is 0 Å². The molecule has 0 fully saturated rings. The van der Waals surface area contributed by atoms with Gasteiger partial charge in [0.2, 0.25) is 15.9 Å². The lowest BCUT2D eigenvalue weighted by Gasteiger charge is -2.09. The minimum atomic E-state index is -3.53. The van der Waals surface area contributed by atoms with E-state index in [1.807, 2.05) is 6.92 Å². The number of hydrogen-bond donors (Lipinski definition) is 2. The molecule has 0 aliphatic heterocycles. The standard InChI is InChI=1S/C13H19ClN2O3S/c1-3-11(14)8-9-15-20(18,19)13-6-4-12(5-7-13)16-10(2)17/h4-7,11,15H,3,8-9H2,1-2H3,(H,16,17). The van der Waals surface area contributed by atoms with Crippen LogP contribution in [0.3, 0.4) is 0 Å². The molecule has 112 valence electrons. The van der Waals surface area contributed by atoms with Gasteiger partial charge in [-0.25, -0.2) is 13.1 Å². The molecule has 0 radical (unpaired) electrons. The Morgan fingerprint density at radius 3 is 2.40 bits per heavy atom. The van der Waals surface area contributed by atoms with E-state index >= 15 is 0 Å². The second-order valence-electron chi connectivity index (χ2n) is 4.40. The Morgan fingerprint density at radius 2 is 1.90 bits per heavy atom. The minimum absolute atomic E-state index is 0.0279. The van der Waals surface area contributed by atoms with Crippen LogP contribution in [0.25, 0.3) is 0 Å². The molecule has 0 heterocycles. The van der Waals surface area contributed by atoms with E-state index in [0.29, 0.717) is 18.7 Å². The van der Waals surface area contributed by atoms with E-state index in [0.717, 1.165) is 6.42 Å². The van der Waals surface area contributed by atoms with Crippen molar-refractivity contribution in [3.8, 4) is 0 Å². The summed E-state index contributed by atoms with van der Waals surface area (Å²) in [5.74, 6) is -0.202. The van der Waals surface area contributed by atoms with Crippen molar-refractivity contribution in [3.63, 3.8) is 0 Å². The average Bonchev–Trinajstić information content (AvgIpc) is 2.38. The number of alkyl halides is 1. The van der Waals surface area contributed by atoms with E-state index in [1.54, 1.807) is 12.1 Å². The zero-order valence-electron chi connectivity index (χ0n) is 11.5. The van der Waals surface area contributed by atoms with E-state index in [-0.39, 0.29) is 16.2 Å². The summed E-state index contributed by atoms with van der Waals surface area (Å²) in [6, 6.07) is 6.00. The monoisotopic (exact) mass is 318 g/mol. The fourth-order valence-corrected chi connectivity index (χ4v) is 2.71. The van der Waals surface area contributed by atoms with E-state index in [9.17, 15) is 13.2 Å². The molecule has 0 spiro atoms. The molecule has 1 aromatic carbocycles. The summed E-state index contributed by atoms with van der Waals surface area (Å²) in [6.07, 6.45) is 1.38. The fourth-order valence-electron chi connectivity index (χ4n) is 1.56. The van der Waals surface area contributed by atoms with Crippen LogP contribution in [0.2, 0.25) is 0 Å². The summed E-state index contributed by atoms with van der Waals surface area (Å²) < 4.78 is 26.5. The van der Waals surface area contributed by atoms with Crippen LogP contribution in [0.5, 0.6) is 0 Å². The highest BCUT2D eigenvalue weighted by molar-refractivity contribution is 7.89. The van der Waals surface area contributed by atoms with Crippen LogP contribution < -0.4 is 10.0 Å². The summed E-state index contributed by atoms with van der Waals surface area (Å²) >= 11 is 5.93. The highest BCUT2D eigenvalue weighted by atomic mass is 35.5. The molecule has 1 rings (SSSR count). The molecular formula is C13H19ClN2O3S. The van der Waals surface area contributed by atoms with Gasteiger partial charge in [0.25, 0.3) is 0 Å². The van der Waals surface area contributed by atoms with Crippen molar-refractivity contribution < 1.29 is 13.2 Å². The second kappa shape index (κ2) is 7.61. The predicted molar refractivity (Wildman–Crippen MR) is 80.5 cm³/mol. The van der Waals surface area contributed by atoms with Crippen molar-refractivity contribution in [1.82, 2.24) is 4.72 Å². The molecular weight excluding hydrogens is 300 g/mol. The van der Waals surface area contributed by atoms with Crippen molar-refractivity contribution in [2.24, 2.45) is 0 Å². The molecule has 0 bridgehead atoms. The van der Waals surface area contributed by atoms with Crippen molar-refractivity contribution >= 4 is 33.2 Å². The molecule has 20 heavy (non-hydrogen) atoms. The Labute approximate surface area is 124 Å².